The lowest BCUT2D eigenvalue weighted by molar-refractivity contribution is 0.123. The molecule has 4 rings (SSSR count). The average molecular weight is 531 g/mol. The van der Waals surface area contributed by atoms with Crippen molar-refractivity contribution >= 4 is 12.2 Å². The van der Waals surface area contributed by atoms with Gasteiger partial charge in [-0.3, -0.25) is 0 Å². The first-order valence-corrected chi connectivity index (χ1v) is 12.5. The molecular formula is C32H26N4O4. The van der Waals surface area contributed by atoms with Gasteiger partial charge in [-0.05, 0) is 46.5 Å². The topological polar surface area (TPSA) is 124 Å². The Labute approximate surface area is 232 Å². The lowest BCUT2D eigenvalue weighted by atomic mass is 9.92. The van der Waals surface area contributed by atoms with Crippen molar-refractivity contribution < 1.29 is 19.1 Å². The Morgan fingerprint density at radius 3 is 1.25 bits per heavy atom. The van der Waals surface area contributed by atoms with E-state index in [1.165, 1.54) is 0 Å². The molecule has 0 radical (unpaired) electrons. The lowest BCUT2D eigenvalue weighted by Gasteiger charge is -2.29. The highest BCUT2D eigenvalue weighted by atomic mass is 16.6. The summed E-state index contributed by atoms with van der Waals surface area (Å²) in [5, 5.41) is 24.3. The number of carbonyl (C=O) groups excluding carboxylic acids is 2. The quantitative estimate of drug-likeness (QED) is 0.271. The molecular weight excluding hydrogens is 504 g/mol. The van der Waals surface area contributed by atoms with Crippen molar-refractivity contribution in [3.63, 3.8) is 0 Å². The molecule has 2 amide bonds. The van der Waals surface area contributed by atoms with E-state index < -0.39 is 24.3 Å². The molecule has 4 aromatic carbocycles. The van der Waals surface area contributed by atoms with Gasteiger partial charge in [-0.1, -0.05) is 84.9 Å². The van der Waals surface area contributed by atoms with Gasteiger partial charge in [0.25, 0.3) is 0 Å². The van der Waals surface area contributed by atoms with Gasteiger partial charge in [0.2, 0.25) is 0 Å². The van der Waals surface area contributed by atoms with Crippen LogP contribution in [0.15, 0.2) is 109 Å². The summed E-state index contributed by atoms with van der Waals surface area (Å²) in [6.07, 6.45) is -1.40. The predicted molar refractivity (Wildman–Crippen MR) is 147 cm³/mol. The van der Waals surface area contributed by atoms with Crippen molar-refractivity contribution in [1.29, 1.82) is 10.5 Å². The minimum absolute atomic E-state index is 0.0564. The predicted octanol–water partition coefficient (Wildman–Crippen LogP) is 6.07. The molecule has 0 aliphatic heterocycles. The number of nitrogens with one attached hydrogen (secondary N) is 2. The van der Waals surface area contributed by atoms with Crippen LogP contribution in [0.4, 0.5) is 9.59 Å². The fourth-order valence-corrected chi connectivity index (χ4v) is 4.03. The third-order valence-corrected chi connectivity index (χ3v) is 6.10. The molecule has 2 N–H and O–H groups in total. The molecule has 0 unspecified atom stereocenters. The van der Waals surface area contributed by atoms with Gasteiger partial charge >= 0.3 is 12.2 Å². The van der Waals surface area contributed by atoms with Crippen LogP contribution in [0.2, 0.25) is 0 Å². The van der Waals surface area contributed by atoms with E-state index in [4.69, 9.17) is 9.47 Å². The average Bonchev–Trinajstić information content (AvgIpc) is 3.02. The van der Waals surface area contributed by atoms with Gasteiger partial charge in [-0.15, -0.1) is 0 Å². The molecule has 4 aromatic rings. The summed E-state index contributed by atoms with van der Waals surface area (Å²) < 4.78 is 10.9. The molecule has 8 heteroatoms. The Morgan fingerprint density at radius 2 is 0.925 bits per heavy atom. The monoisotopic (exact) mass is 530 g/mol. The van der Waals surface area contributed by atoms with Crippen LogP contribution < -0.4 is 10.6 Å². The largest absolute Gasteiger partial charge is 0.445 e. The zero-order valence-corrected chi connectivity index (χ0v) is 21.5. The van der Waals surface area contributed by atoms with E-state index in [0.29, 0.717) is 22.3 Å². The number of benzene rings is 4. The Kier molecular flexibility index (Phi) is 9.47. The van der Waals surface area contributed by atoms with E-state index in [1.54, 1.807) is 48.5 Å². The second-order valence-corrected chi connectivity index (χ2v) is 8.84. The van der Waals surface area contributed by atoms with Gasteiger partial charge in [-0.25, -0.2) is 9.59 Å². The minimum Gasteiger partial charge on any atom is -0.445 e. The van der Waals surface area contributed by atoms with Crippen molar-refractivity contribution in [2.45, 2.75) is 25.3 Å². The van der Waals surface area contributed by atoms with Gasteiger partial charge < -0.3 is 20.1 Å². The molecule has 198 valence electrons. The highest BCUT2D eigenvalue weighted by Gasteiger charge is 2.29. The van der Waals surface area contributed by atoms with Crippen molar-refractivity contribution in [2.24, 2.45) is 0 Å². The number of hydrogen-bond donors (Lipinski definition) is 2. The molecule has 8 nitrogen and oxygen atoms in total. The fraction of sp³-hybridized carbons (Fsp3) is 0.125. The number of alkyl carbamates (subject to hydrolysis) is 2. The smallest absolute Gasteiger partial charge is 0.408 e. The Balaban J connectivity index is 1.61. The summed E-state index contributed by atoms with van der Waals surface area (Å²) in [6, 6.07) is 34.4. The minimum atomic E-state index is -0.812. The molecule has 0 spiro atoms. The maximum atomic E-state index is 13.0. The van der Waals surface area contributed by atoms with Crippen LogP contribution in [0, 0.1) is 22.7 Å². The van der Waals surface area contributed by atoms with Gasteiger partial charge in [-0.2, -0.15) is 10.5 Å². The number of nitrogens with zero attached hydrogens (tertiary/aromatic N) is 2. The van der Waals surface area contributed by atoms with Gasteiger partial charge in [0, 0.05) is 0 Å². The van der Waals surface area contributed by atoms with Crippen LogP contribution in [0.5, 0.6) is 0 Å². The van der Waals surface area contributed by atoms with Crippen molar-refractivity contribution in [1.82, 2.24) is 10.6 Å². The zero-order chi connectivity index (χ0) is 28.2. The van der Waals surface area contributed by atoms with Crippen molar-refractivity contribution in [2.75, 3.05) is 0 Å². The number of hydrogen-bond acceptors (Lipinski definition) is 6. The van der Waals surface area contributed by atoms with E-state index >= 15 is 0 Å². The van der Waals surface area contributed by atoms with Crippen LogP contribution in [0.25, 0.3) is 0 Å². The summed E-state index contributed by atoms with van der Waals surface area (Å²) in [5.41, 5.74) is 3.76. The second-order valence-electron chi connectivity index (χ2n) is 8.84. The van der Waals surface area contributed by atoms with Crippen molar-refractivity contribution in [3.8, 4) is 12.1 Å². The normalized spacial score (nSPS) is 11.7. The molecule has 0 aliphatic rings. The maximum absolute atomic E-state index is 13.0. The molecule has 2 atom stereocenters. The maximum Gasteiger partial charge on any atom is 0.408 e. The number of amides is 2. The highest BCUT2D eigenvalue weighted by molar-refractivity contribution is 5.70. The second kappa shape index (κ2) is 13.8. The first-order chi connectivity index (χ1) is 19.6. The summed E-state index contributed by atoms with van der Waals surface area (Å²) >= 11 is 0. The standard InChI is InChI=1S/C32H26N4O4/c33-19-23-11-15-27(16-12-23)29(35-31(37)39-21-25-7-3-1-4-8-25)30(28-17-13-24(20-34)14-18-28)36-32(38)40-22-26-9-5-2-6-10-26/h1-18,29-30H,21-22H2,(H,35,37)(H,36,38)/t29-,30-/m1/s1. The highest BCUT2D eigenvalue weighted by Crippen LogP contribution is 2.30. The molecule has 0 saturated carbocycles. The first kappa shape index (κ1) is 27.4. The molecule has 0 aliphatic carbocycles. The van der Waals surface area contributed by atoms with E-state index in [9.17, 15) is 20.1 Å². The number of rotatable bonds is 9. The van der Waals surface area contributed by atoms with Gasteiger partial charge in [0.15, 0.2) is 0 Å². The third-order valence-electron chi connectivity index (χ3n) is 6.10. The van der Waals surface area contributed by atoms with Gasteiger partial charge in [0.05, 0.1) is 35.3 Å². The van der Waals surface area contributed by atoms with Gasteiger partial charge in [0.1, 0.15) is 13.2 Å². The summed E-state index contributed by atoms with van der Waals surface area (Å²) in [4.78, 5) is 26.0. The molecule has 0 heterocycles. The van der Waals surface area contributed by atoms with E-state index in [0.717, 1.165) is 11.1 Å². The van der Waals surface area contributed by atoms with Crippen LogP contribution >= 0.6 is 0 Å². The summed E-state index contributed by atoms with van der Waals surface area (Å²) in [6.45, 7) is 0.113. The fourth-order valence-electron chi connectivity index (χ4n) is 4.03. The molecule has 0 fully saturated rings. The van der Waals surface area contributed by atoms with E-state index in [-0.39, 0.29) is 13.2 Å². The lowest BCUT2D eigenvalue weighted by Crippen LogP contribution is -2.41. The van der Waals surface area contributed by atoms with E-state index in [2.05, 4.69) is 22.8 Å². The number of ether oxygens (including phenoxy) is 2. The molecule has 40 heavy (non-hydrogen) atoms. The van der Waals surface area contributed by atoms with Crippen LogP contribution in [0.1, 0.15) is 45.5 Å². The number of nitriles is 2. The van der Waals surface area contributed by atoms with Crippen LogP contribution in [0.3, 0.4) is 0 Å². The summed E-state index contributed by atoms with van der Waals surface area (Å²) in [5.74, 6) is 0. The van der Waals surface area contributed by atoms with E-state index in [1.807, 2.05) is 60.7 Å². The molecule has 0 aromatic heterocycles. The molecule has 0 bridgehead atoms. The zero-order valence-electron chi connectivity index (χ0n) is 21.5. The summed E-state index contributed by atoms with van der Waals surface area (Å²) in [7, 11) is 0. The van der Waals surface area contributed by atoms with Crippen LogP contribution in [-0.2, 0) is 22.7 Å². The Morgan fingerprint density at radius 1 is 0.575 bits per heavy atom. The third kappa shape index (κ3) is 7.70. The first-order valence-electron chi connectivity index (χ1n) is 12.5. The Hall–Kier alpha value is -5.60. The molecule has 0 saturated heterocycles. The number of carbonyl (C=O) groups is 2. The SMILES string of the molecule is N#Cc1ccc([C@@H](NC(=O)OCc2ccccc2)[C@H](NC(=O)OCc2ccccc2)c2ccc(C#N)cc2)cc1. The Bertz CT molecular complexity index is 1380. The van der Waals surface area contributed by atoms with Crippen LogP contribution in [-0.4, -0.2) is 12.2 Å². The van der Waals surface area contributed by atoms with Crippen molar-refractivity contribution in [3.05, 3.63) is 143 Å².